The van der Waals surface area contributed by atoms with E-state index < -0.39 is 0 Å². The summed E-state index contributed by atoms with van der Waals surface area (Å²) >= 11 is 0. The Hall–Kier alpha value is -2.29. The Morgan fingerprint density at radius 1 is 1.12 bits per heavy atom. The zero-order chi connectivity index (χ0) is 12.1. The van der Waals surface area contributed by atoms with E-state index in [0.29, 0.717) is 0 Å². The minimum absolute atomic E-state index is 0.738. The molecular weight excluding hydrogens is 210 g/mol. The van der Waals surface area contributed by atoms with Gasteiger partial charge in [-0.1, -0.05) is 24.3 Å². The monoisotopic (exact) mass is 225 g/mol. The summed E-state index contributed by atoms with van der Waals surface area (Å²) in [6.07, 6.45) is 1.82. The summed E-state index contributed by atoms with van der Waals surface area (Å²) in [6.45, 7) is 0. The highest BCUT2D eigenvalue weighted by Gasteiger charge is 1.98. The van der Waals surface area contributed by atoms with Crippen LogP contribution in [0.5, 0.6) is 0 Å². The second-order valence-electron chi connectivity index (χ2n) is 3.73. The maximum absolute atomic E-state index is 5.88. The third-order valence-electron chi connectivity index (χ3n) is 2.40. The molecule has 3 nitrogen and oxygen atoms in total. The third-order valence-corrected chi connectivity index (χ3v) is 2.40. The number of nitrogens with one attached hydrogen (secondary N) is 1. The molecule has 3 heteroatoms. The smallest absolute Gasteiger partial charge is 0.0617 e. The van der Waals surface area contributed by atoms with Crippen LogP contribution in [0, 0.1) is 0 Å². The first kappa shape index (κ1) is 11.2. The van der Waals surface area contributed by atoms with Gasteiger partial charge in [0.2, 0.25) is 0 Å². The minimum Gasteiger partial charge on any atom is -0.397 e. The van der Waals surface area contributed by atoms with Gasteiger partial charge in [0.1, 0.15) is 0 Å². The van der Waals surface area contributed by atoms with Crippen molar-refractivity contribution in [1.29, 1.82) is 0 Å². The van der Waals surface area contributed by atoms with Gasteiger partial charge in [-0.25, -0.2) is 0 Å². The lowest BCUT2D eigenvalue weighted by Crippen LogP contribution is -1.96. The summed E-state index contributed by atoms with van der Waals surface area (Å²) in [6, 6.07) is 15.7. The molecule has 0 aliphatic rings. The predicted octanol–water partition coefficient (Wildman–Crippen LogP) is 3.06. The predicted molar refractivity (Wildman–Crippen MR) is 74.1 cm³/mol. The molecule has 0 amide bonds. The zero-order valence-electron chi connectivity index (χ0n) is 9.72. The van der Waals surface area contributed by atoms with Crippen LogP contribution < -0.4 is 11.1 Å². The zero-order valence-corrected chi connectivity index (χ0v) is 9.72. The highest BCUT2D eigenvalue weighted by molar-refractivity contribution is 5.82. The SMILES string of the molecule is CN=Cc1cccc(Nc2ccccc2N)c1. The molecule has 0 fully saturated rings. The normalized spacial score (nSPS) is 10.6. The lowest BCUT2D eigenvalue weighted by atomic mass is 10.2. The maximum Gasteiger partial charge on any atom is 0.0617 e. The van der Waals surface area contributed by atoms with Crippen LogP contribution in [0.2, 0.25) is 0 Å². The van der Waals surface area contributed by atoms with Crippen molar-refractivity contribution >= 4 is 23.3 Å². The van der Waals surface area contributed by atoms with E-state index in [2.05, 4.69) is 10.3 Å². The molecular formula is C14H15N3. The molecule has 0 radical (unpaired) electrons. The summed E-state index contributed by atoms with van der Waals surface area (Å²) < 4.78 is 0. The van der Waals surface area contributed by atoms with Crippen LogP contribution in [0.3, 0.4) is 0 Å². The van der Waals surface area contributed by atoms with Crippen molar-refractivity contribution in [2.45, 2.75) is 0 Å². The molecule has 0 aliphatic carbocycles. The van der Waals surface area contributed by atoms with Gasteiger partial charge in [-0.15, -0.1) is 0 Å². The Balaban J connectivity index is 2.24. The first-order chi connectivity index (χ1) is 8.29. The van der Waals surface area contributed by atoms with Crippen molar-refractivity contribution in [3.63, 3.8) is 0 Å². The molecule has 0 saturated carbocycles. The van der Waals surface area contributed by atoms with Gasteiger partial charge in [0.05, 0.1) is 11.4 Å². The van der Waals surface area contributed by atoms with Crippen LogP contribution in [0.4, 0.5) is 17.1 Å². The molecule has 2 aromatic carbocycles. The molecule has 0 aromatic heterocycles. The van der Waals surface area contributed by atoms with Gasteiger partial charge in [-0.05, 0) is 29.8 Å². The topological polar surface area (TPSA) is 50.4 Å². The van der Waals surface area contributed by atoms with Crippen molar-refractivity contribution in [1.82, 2.24) is 0 Å². The largest absolute Gasteiger partial charge is 0.397 e. The van der Waals surface area contributed by atoms with Gasteiger partial charge < -0.3 is 11.1 Å². The Bertz CT molecular complexity index is 532. The quantitative estimate of drug-likeness (QED) is 0.623. The number of nitrogens with two attached hydrogens (primary N) is 1. The molecule has 0 unspecified atom stereocenters. The highest BCUT2D eigenvalue weighted by atomic mass is 14.9. The molecule has 0 bridgehead atoms. The molecule has 0 spiro atoms. The van der Waals surface area contributed by atoms with Crippen molar-refractivity contribution in [2.75, 3.05) is 18.1 Å². The first-order valence-corrected chi connectivity index (χ1v) is 5.43. The number of rotatable bonds is 3. The standard InChI is InChI=1S/C14H15N3/c1-16-10-11-5-4-6-12(9-11)17-14-8-3-2-7-13(14)15/h2-10,17H,15H2,1H3. The van der Waals surface area contributed by atoms with Crippen LogP contribution in [-0.2, 0) is 0 Å². The maximum atomic E-state index is 5.88. The number of nitrogens with zero attached hydrogens (tertiary/aromatic N) is 1. The van der Waals surface area contributed by atoms with Gasteiger partial charge in [-0.2, -0.15) is 0 Å². The molecule has 0 saturated heterocycles. The molecule has 2 aromatic rings. The van der Waals surface area contributed by atoms with Crippen LogP contribution in [0.15, 0.2) is 53.5 Å². The molecule has 0 heterocycles. The van der Waals surface area contributed by atoms with Gasteiger partial charge >= 0.3 is 0 Å². The van der Waals surface area contributed by atoms with Crippen molar-refractivity contribution in [3.05, 3.63) is 54.1 Å². The van der Waals surface area contributed by atoms with Gasteiger partial charge in [0, 0.05) is 18.9 Å². The van der Waals surface area contributed by atoms with E-state index >= 15 is 0 Å². The van der Waals surface area contributed by atoms with E-state index in [4.69, 9.17) is 5.73 Å². The van der Waals surface area contributed by atoms with E-state index in [1.54, 1.807) is 7.05 Å². The van der Waals surface area contributed by atoms with Crippen LogP contribution in [0.1, 0.15) is 5.56 Å². The Morgan fingerprint density at radius 3 is 2.71 bits per heavy atom. The molecule has 0 aliphatic heterocycles. The van der Waals surface area contributed by atoms with Crippen LogP contribution in [0.25, 0.3) is 0 Å². The van der Waals surface area contributed by atoms with Crippen molar-refractivity contribution in [2.24, 2.45) is 4.99 Å². The van der Waals surface area contributed by atoms with E-state index in [9.17, 15) is 0 Å². The van der Waals surface area contributed by atoms with Gasteiger partial charge in [0.15, 0.2) is 0 Å². The lowest BCUT2D eigenvalue weighted by molar-refractivity contribution is 1.46. The van der Waals surface area contributed by atoms with Crippen molar-refractivity contribution < 1.29 is 0 Å². The van der Waals surface area contributed by atoms with Crippen LogP contribution in [-0.4, -0.2) is 13.3 Å². The number of anilines is 3. The number of hydrogen-bond acceptors (Lipinski definition) is 3. The highest BCUT2D eigenvalue weighted by Crippen LogP contribution is 2.22. The fourth-order valence-electron chi connectivity index (χ4n) is 1.61. The number of aliphatic imine (C=N–C) groups is 1. The Labute approximate surface area is 101 Å². The number of para-hydroxylation sites is 2. The molecule has 3 N–H and O–H groups in total. The summed E-state index contributed by atoms with van der Waals surface area (Å²) in [4.78, 5) is 3.99. The molecule has 86 valence electrons. The fraction of sp³-hybridized carbons (Fsp3) is 0.0714. The van der Waals surface area contributed by atoms with E-state index in [-0.39, 0.29) is 0 Å². The number of benzene rings is 2. The van der Waals surface area contributed by atoms with E-state index in [1.807, 2.05) is 54.7 Å². The second kappa shape index (κ2) is 5.16. The van der Waals surface area contributed by atoms with Gasteiger partial charge in [0.25, 0.3) is 0 Å². The first-order valence-electron chi connectivity index (χ1n) is 5.43. The minimum atomic E-state index is 0.738. The Morgan fingerprint density at radius 2 is 1.94 bits per heavy atom. The van der Waals surface area contributed by atoms with E-state index in [1.165, 1.54) is 0 Å². The summed E-state index contributed by atoms with van der Waals surface area (Å²) in [7, 11) is 1.76. The second-order valence-corrected chi connectivity index (χ2v) is 3.73. The Kier molecular flexibility index (Phi) is 3.40. The summed E-state index contributed by atoms with van der Waals surface area (Å²) in [5.41, 5.74) is 9.59. The van der Waals surface area contributed by atoms with Crippen LogP contribution >= 0.6 is 0 Å². The summed E-state index contributed by atoms with van der Waals surface area (Å²) in [5.74, 6) is 0. The van der Waals surface area contributed by atoms with E-state index in [0.717, 1.165) is 22.6 Å². The lowest BCUT2D eigenvalue weighted by Gasteiger charge is -2.09. The average molecular weight is 225 g/mol. The fourth-order valence-corrected chi connectivity index (χ4v) is 1.61. The average Bonchev–Trinajstić information content (AvgIpc) is 2.33. The summed E-state index contributed by atoms with van der Waals surface area (Å²) in [5, 5.41) is 3.28. The third kappa shape index (κ3) is 2.84. The number of nitrogen functional groups attached to an aromatic ring is 1. The molecule has 0 atom stereocenters. The molecule has 17 heavy (non-hydrogen) atoms. The van der Waals surface area contributed by atoms with Gasteiger partial charge in [-0.3, -0.25) is 4.99 Å². The molecule has 2 rings (SSSR count). The number of hydrogen-bond donors (Lipinski definition) is 2. The van der Waals surface area contributed by atoms with Crippen molar-refractivity contribution in [3.8, 4) is 0 Å².